The van der Waals surface area contributed by atoms with Gasteiger partial charge in [-0.3, -0.25) is 0 Å². The Bertz CT molecular complexity index is 557. The number of benzene rings is 2. The fourth-order valence-corrected chi connectivity index (χ4v) is 2.20. The first-order valence-corrected chi connectivity index (χ1v) is 6.78. The van der Waals surface area contributed by atoms with Crippen molar-refractivity contribution < 1.29 is 9.50 Å². The van der Waals surface area contributed by atoms with E-state index in [1.165, 1.54) is 12.1 Å². The number of rotatable bonds is 4. The first kappa shape index (κ1) is 14.0. The molecule has 0 saturated heterocycles. The highest BCUT2D eigenvalue weighted by Gasteiger charge is 2.11. The van der Waals surface area contributed by atoms with E-state index < -0.39 is 0 Å². The van der Waals surface area contributed by atoms with Crippen LogP contribution < -0.4 is 5.32 Å². The van der Waals surface area contributed by atoms with Crippen LogP contribution in [0.1, 0.15) is 17.2 Å². The van der Waals surface area contributed by atoms with Crippen LogP contribution in [0.2, 0.25) is 0 Å². The normalized spacial score (nSPS) is 12.2. The molecule has 2 rings (SSSR count). The van der Waals surface area contributed by atoms with E-state index in [0.717, 1.165) is 21.3 Å². The van der Waals surface area contributed by atoms with Gasteiger partial charge in [0.25, 0.3) is 0 Å². The summed E-state index contributed by atoms with van der Waals surface area (Å²) in [6.45, 7) is 1.97. The summed E-state index contributed by atoms with van der Waals surface area (Å²) in [6, 6.07) is 11.8. The van der Waals surface area contributed by atoms with Gasteiger partial charge < -0.3 is 10.4 Å². The van der Waals surface area contributed by atoms with Gasteiger partial charge in [-0.2, -0.15) is 0 Å². The van der Waals surface area contributed by atoms with E-state index in [4.69, 9.17) is 0 Å². The molecule has 2 N–H and O–H groups in total. The molecule has 100 valence electrons. The minimum absolute atomic E-state index is 0.0348. The third-order valence-electron chi connectivity index (χ3n) is 2.97. The summed E-state index contributed by atoms with van der Waals surface area (Å²) < 4.78 is 13.8. The van der Waals surface area contributed by atoms with Crippen LogP contribution in [0.15, 0.2) is 46.9 Å². The zero-order chi connectivity index (χ0) is 13.8. The number of aliphatic hydroxyl groups excluding tert-OH is 1. The number of aliphatic hydroxyl groups is 1. The van der Waals surface area contributed by atoms with Crippen LogP contribution in [-0.2, 0) is 0 Å². The van der Waals surface area contributed by atoms with Crippen molar-refractivity contribution in [3.8, 4) is 0 Å². The highest BCUT2D eigenvalue weighted by Crippen LogP contribution is 2.24. The van der Waals surface area contributed by atoms with Crippen LogP contribution >= 0.6 is 15.9 Å². The van der Waals surface area contributed by atoms with Crippen LogP contribution in [0.25, 0.3) is 0 Å². The van der Waals surface area contributed by atoms with Gasteiger partial charge in [0, 0.05) is 10.2 Å². The summed E-state index contributed by atoms with van der Waals surface area (Å²) in [5, 5.41) is 12.7. The maximum absolute atomic E-state index is 12.8. The summed E-state index contributed by atoms with van der Waals surface area (Å²) in [5.41, 5.74) is 2.89. The summed E-state index contributed by atoms with van der Waals surface area (Å²) in [6.07, 6.45) is 0. The van der Waals surface area contributed by atoms with Gasteiger partial charge in [-0.15, -0.1) is 0 Å². The quantitative estimate of drug-likeness (QED) is 0.889. The molecular weight excluding hydrogens is 309 g/mol. The van der Waals surface area contributed by atoms with Gasteiger partial charge in [0.05, 0.1) is 12.6 Å². The largest absolute Gasteiger partial charge is 0.394 e. The Balaban J connectivity index is 2.19. The van der Waals surface area contributed by atoms with Crippen LogP contribution in [0.3, 0.4) is 0 Å². The van der Waals surface area contributed by atoms with Crippen molar-refractivity contribution in [3.05, 3.63) is 63.9 Å². The second kappa shape index (κ2) is 6.17. The predicted octanol–water partition coefficient (Wildman–Crippen LogP) is 4.04. The van der Waals surface area contributed by atoms with Gasteiger partial charge in [-0.1, -0.05) is 28.1 Å². The molecule has 2 nitrogen and oxygen atoms in total. The predicted molar refractivity (Wildman–Crippen MR) is 78.7 cm³/mol. The Labute approximate surface area is 120 Å². The first-order valence-electron chi connectivity index (χ1n) is 5.99. The van der Waals surface area contributed by atoms with Gasteiger partial charge in [-0.25, -0.2) is 4.39 Å². The van der Waals surface area contributed by atoms with Gasteiger partial charge in [0.2, 0.25) is 0 Å². The van der Waals surface area contributed by atoms with Gasteiger partial charge in [0.15, 0.2) is 0 Å². The molecule has 4 heteroatoms. The summed E-state index contributed by atoms with van der Waals surface area (Å²) in [7, 11) is 0. The molecule has 1 unspecified atom stereocenters. The van der Waals surface area contributed by atoms with Crippen LogP contribution in [0.4, 0.5) is 10.1 Å². The highest BCUT2D eigenvalue weighted by molar-refractivity contribution is 9.10. The lowest BCUT2D eigenvalue weighted by Gasteiger charge is -2.18. The molecule has 0 radical (unpaired) electrons. The van der Waals surface area contributed by atoms with E-state index in [0.29, 0.717) is 0 Å². The fourth-order valence-electron chi connectivity index (χ4n) is 1.81. The van der Waals surface area contributed by atoms with Crippen molar-refractivity contribution in [2.45, 2.75) is 13.0 Å². The average Bonchev–Trinajstić information content (AvgIpc) is 2.41. The van der Waals surface area contributed by atoms with E-state index in [2.05, 4.69) is 21.2 Å². The maximum atomic E-state index is 12.8. The molecule has 0 spiro atoms. The molecule has 0 saturated carbocycles. The smallest absolute Gasteiger partial charge is 0.123 e. The van der Waals surface area contributed by atoms with Crippen molar-refractivity contribution in [3.63, 3.8) is 0 Å². The Morgan fingerprint density at radius 2 is 1.89 bits per heavy atom. The molecule has 19 heavy (non-hydrogen) atoms. The molecule has 1 atom stereocenters. The fraction of sp³-hybridized carbons (Fsp3) is 0.200. The Morgan fingerprint density at radius 1 is 1.21 bits per heavy atom. The van der Waals surface area contributed by atoms with Crippen molar-refractivity contribution in [2.24, 2.45) is 0 Å². The maximum Gasteiger partial charge on any atom is 0.123 e. The Kier molecular flexibility index (Phi) is 4.56. The third-order valence-corrected chi connectivity index (χ3v) is 3.82. The van der Waals surface area contributed by atoms with Crippen molar-refractivity contribution >= 4 is 21.6 Å². The topological polar surface area (TPSA) is 32.3 Å². The third kappa shape index (κ3) is 3.55. The van der Waals surface area contributed by atoms with Crippen molar-refractivity contribution in [1.82, 2.24) is 0 Å². The number of anilines is 1. The van der Waals surface area contributed by atoms with E-state index in [1.807, 2.05) is 25.1 Å². The number of aryl methyl sites for hydroxylation is 1. The van der Waals surface area contributed by atoms with E-state index in [1.54, 1.807) is 12.1 Å². The standard InChI is InChI=1S/C15H15BrFNO/c1-10-2-3-11(8-14(10)16)15(9-19)18-13-6-4-12(17)5-7-13/h2-8,15,18-19H,9H2,1H3. The molecule has 0 amide bonds. The Morgan fingerprint density at radius 3 is 2.47 bits per heavy atom. The SMILES string of the molecule is Cc1ccc(C(CO)Nc2ccc(F)cc2)cc1Br. The van der Waals surface area contributed by atoms with Crippen molar-refractivity contribution in [1.29, 1.82) is 0 Å². The molecule has 0 aliphatic rings. The lowest BCUT2D eigenvalue weighted by molar-refractivity contribution is 0.276. The molecule has 2 aromatic rings. The van der Waals surface area contributed by atoms with E-state index in [-0.39, 0.29) is 18.5 Å². The second-order valence-corrected chi connectivity index (χ2v) is 5.25. The average molecular weight is 324 g/mol. The number of hydrogen-bond acceptors (Lipinski definition) is 2. The zero-order valence-electron chi connectivity index (χ0n) is 10.5. The molecular formula is C15H15BrFNO. The lowest BCUT2D eigenvalue weighted by Crippen LogP contribution is -2.14. The lowest BCUT2D eigenvalue weighted by atomic mass is 10.1. The number of nitrogens with one attached hydrogen (secondary N) is 1. The molecule has 0 bridgehead atoms. The molecule has 2 aromatic carbocycles. The first-order chi connectivity index (χ1) is 9.10. The van der Waals surface area contributed by atoms with E-state index in [9.17, 15) is 9.50 Å². The minimum atomic E-state index is -0.274. The molecule has 0 aliphatic heterocycles. The molecule has 0 aromatic heterocycles. The van der Waals surface area contributed by atoms with Gasteiger partial charge in [0.1, 0.15) is 5.82 Å². The summed E-state index contributed by atoms with van der Waals surface area (Å²) >= 11 is 3.48. The van der Waals surface area contributed by atoms with Gasteiger partial charge in [-0.05, 0) is 48.4 Å². The number of hydrogen-bond donors (Lipinski definition) is 2. The minimum Gasteiger partial charge on any atom is -0.394 e. The number of halogens is 2. The van der Waals surface area contributed by atoms with Crippen LogP contribution in [-0.4, -0.2) is 11.7 Å². The summed E-state index contributed by atoms with van der Waals surface area (Å²) in [5.74, 6) is -0.274. The monoisotopic (exact) mass is 323 g/mol. The Hall–Kier alpha value is -1.39. The van der Waals surface area contributed by atoms with E-state index >= 15 is 0 Å². The highest BCUT2D eigenvalue weighted by atomic mass is 79.9. The molecule has 0 aliphatic carbocycles. The van der Waals surface area contributed by atoms with Crippen molar-refractivity contribution in [2.75, 3.05) is 11.9 Å². The molecule has 0 fully saturated rings. The van der Waals surface area contributed by atoms with Gasteiger partial charge >= 0.3 is 0 Å². The summed E-state index contributed by atoms with van der Waals surface area (Å²) in [4.78, 5) is 0. The molecule has 0 heterocycles. The van der Waals surface area contributed by atoms with Crippen LogP contribution in [0, 0.1) is 12.7 Å². The second-order valence-electron chi connectivity index (χ2n) is 4.40. The van der Waals surface area contributed by atoms with Crippen LogP contribution in [0.5, 0.6) is 0 Å². The zero-order valence-corrected chi connectivity index (χ0v) is 12.1.